The molecule has 14 rings (SSSR count). The van der Waals surface area contributed by atoms with Crippen LogP contribution in [0, 0.1) is 0 Å². The van der Waals surface area contributed by atoms with Crippen LogP contribution in [0.1, 0.15) is 0 Å². The molecule has 0 spiro atoms. The largest absolute Gasteiger partial charge is 0.456 e. The van der Waals surface area contributed by atoms with E-state index in [0.717, 1.165) is 93.4 Å². The summed E-state index contributed by atoms with van der Waals surface area (Å²) < 4.78 is 17.8. The number of para-hydroxylation sites is 3. The summed E-state index contributed by atoms with van der Waals surface area (Å²) in [6.07, 6.45) is 0. The van der Waals surface area contributed by atoms with Crippen LogP contribution in [0.3, 0.4) is 0 Å². The number of thiophene rings is 1. The molecule has 288 valence electrons. The van der Waals surface area contributed by atoms with E-state index in [2.05, 4.69) is 144 Å². The minimum absolute atomic E-state index is 0.556. The number of hydrogen-bond donors (Lipinski definition) is 0. The third-order valence-corrected chi connectivity index (χ3v) is 13.6. The van der Waals surface area contributed by atoms with Gasteiger partial charge in [0.1, 0.15) is 22.3 Å². The average molecular weight is 811 g/mol. The molecule has 0 aliphatic rings. The van der Waals surface area contributed by atoms with Gasteiger partial charge in [-0.15, -0.1) is 11.3 Å². The Morgan fingerprint density at radius 3 is 1.76 bits per heavy atom. The molecule has 0 aliphatic carbocycles. The zero-order chi connectivity index (χ0) is 40.5. The zero-order valence-electron chi connectivity index (χ0n) is 32.8. The molecule has 0 radical (unpaired) electrons. The summed E-state index contributed by atoms with van der Waals surface area (Å²) >= 11 is 1.79. The van der Waals surface area contributed by atoms with Gasteiger partial charge < -0.3 is 13.4 Å². The molecule has 9 aromatic carbocycles. The number of furan rings is 2. The van der Waals surface area contributed by atoms with Crippen molar-refractivity contribution in [1.82, 2.24) is 19.5 Å². The second kappa shape index (κ2) is 12.7. The molecule has 0 amide bonds. The van der Waals surface area contributed by atoms with Crippen LogP contribution in [0.15, 0.2) is 191 Å². The van der Waals surface area contributed by atoms with E-state index in [9.17, 15) is 0 Å². The van der Waals surface area contributed by atoms with Crippen molar-refractivity contribution in [2.45, 2.75) is 0 Å². The molecule has 0 N–H and O–H groups in total. The van der Waals surface area contributed by atoms with Crippen molar-refractivity contribution >= 4 is 108 Å². The van der Waals surface area contributed by atoms with Gasteiger partial charge in [-0.25, -0.2) is 15.0 Å². The maximum atomic E-state index is 6.65. The fourth-order valence-corrected chi connectivity index (χ4v) is 10.8. The van der Waals surface area contributed by atoms with Crippen LogP contribution in [0.5, 0.6) is 0 Å². The first-order valence-corrected chi connectivity index (χ1v) is 21.5. The van der Waals surface area contributed by atoms with Crippen LogP contribution in [0.2, 0.25) is 0 Å². The molecule has 0 fully saturated rings. The molecule has 5 heterocycles. The smallest absolute Gasteiger partial charge is 0.166 e. The Kier molecular flexibility index (Phi) is 6.89. The van der Waals surface area contributed by atoms with E-state index in [-0.39, 0.29) is 0 Å². The first kappa shape index (κ1) is 33.7. The van der Waals surface area contributed by atoms with Gasteiger partial charge in [-0.3, -0.25) is 0 Å². The summed E-state index contributed by atoms with van der Waals surface area (Å²) in [5.74, 6) is 1.72. The van der Waals surface area contributed by atoms with Crippen LogP contribution in [-0.4, -0.2) is 19.5 Å². The second-order valence-corrected chi connectivity index (χ2v) is 17.0. The topological polar surface area (TPSA) is 69.9 Å². The normalized spacial score (nSPS) is 12.2. The predicted octanol–water partition coefficient (Wildman–Crippen LogP) is 15.3. The molecular weight excluding hydrogens is 781 g/mol. The van der Waals surface area contributed by atoms with E-state index in [4.69, 9.17) is 23.8 Å². The maximum Gasteiger partial charge on any atom is 0.166 e. The first-order chi connectivity index (χ1) is 30.7. The molecule has 62 heavy (non-hydrogen) atoms. The highest BCUT2D eigenvalue weighted by Crippen LogP contribution is 2.44. The van der Waals surface area contributed by atoms with Crippen molar-refractivity contribution in [1.29, 1.82) is 0 Å². The lowest BCUT2D eigenvalue weighted by atomic mass is 10.0. The summed E-state index contributed by atoms with van der Waals surface area (Å²) in [6, 6.07) is 63.7. The summed E-state index contributed by atoms with van der Waals surface area (Å²) in [6.45, 7) is 0. The molecule has 0 saturated heterocycles. The van der Waals surface area contributed by atoms with Gasteiger partial charge in [0.15, 0.2) is 17.5 Å². The SMILES string of the molecule is c1ccc2cc3c(cc2c1)c1ccccc1n3-c1cc2oc3ccccc3c2cc1-c1nc(-c2cccc3oc4ccccc4c23)nc(-c2cccc3sc4ccccc4c23)n1. The number of fused-ring (bicyclic) bond motifs is 13. The molecule has 7 heteroatoms. The minimum atomic E-state index is 0.556. The summed E-state index contributed by atoms with van der Waals surface area (Å²) in [5.41, 5.74) is 8.96. The van der Waals surface area contributed by atoms with Crippen LogP contribution in [-0.2, 0) is 0 Å². The van der Waals surface area contributed by atoms with Crippen molar-refractivity contribution in [2.24, 2.45) is 0 Å². The standard InChI is InChI=1S/C55H30N4O2S/c1-2-14-32-28-43-39(27-31(32)13-1)33-15-3-7-21-42(33)59(43)44-30-48-40(34-16-4-8-22-45(34)61-48)29-41(44)55-57-53(37-19-11-24-47-51(37)35-17-5-9-23-46(35)60-47)56-54(58-55)38-20-12-26-50-52(38)36-18-6-10-25-49(36)62-50/h1-30H. The average Bonchev–Trinajstić information content (AvgIpc) is 4.09. The van der Waals surface area contributed by atoms with Crippen LogP contribution < -0.4 is 0 Å². The third kappa shape index (κ3) is 4.82. The van der Waals surface area contributed by atoms with Gasteiger partial charge in [-0.05, 0) is 65.4 Å². The van der Waals surface area contributed by atoms with Gasteiger partial charge in [0.25, 0.3) is 0 Å². The fourth-order valence-electron chi connectivity index (χ4n) is 9.70. The maximum absolute atomic E-state index is 6.65. The highest BCUT2D eigenvalue weighted by atomic mass is 32.1. The highest BCUT2D eigenvalue weighted by molar-refractivity contribution is 7.25. The van der Waals surface area contributed by atoms with E-state index in [1.54, 1.807) is 11.3 Å². The molecule has 0 unspecified atom stereocenters. The van der Waals surface area contributed by atoms with E-state index >= 15 is 0 Å². The van der Waals surface area contributed by atoms with Gasteiger partial charge in [0.2, 0.25) is 0 Å². The van der Waals surface area contributed by atoms with E-state index < -0.39 is 0 Å². The van der Waals surface area contributed by atoms with Crippen molar-refractivity contribution in [3.63, 3.8) is 0 Å². The number of hydrogen-bond acceptors (Lipinski definition) is 6. The van der Waals surface area contributed by atoms with E-state index in [1.807, 2.05) is 42.5 Å². The monoisotopic (exact) mass is 810 g/mol. The number of aromatic nitrogens is 4. The van der Waals surface area contributed by atoms with Gasteiger partial charge in [0, 0.05) is 75.2 Å². The Morgan fingerprint density at radius 2 is 0.935 bits per heavy atom. The molecule has 5 aromatic heterocycles. The highest BCUT2D eigenvalue weighted by Gasteiger charge is 2.24. The molecular formula is C55H30N4O2S. The zero-order valence-corrected chi connectivity index (χ0v) is 33.7. The Labute approximate surface area is 356 Å². The second-order valence-electron chi connectivity index (χ2n) is 15.9. The summed E-state index contributed by atoms with van der Waals surface area (Å²) in [7, 11) is 0. The lowest BCUT2D eigenvalue weighted by Gasteiger charge is -2.15. The Morgan fingerprint density at radius 1 is 0.355 bits per heavy atom. The van der Waals surface area contributed by atoms with E-state index in [0.29, 0.717) is 17.5 Å². The Bertz CT molecular complexity index is 4060. The van der Waals surface area contributed by atoms with E-state index in [1.165, 1.54) is 25.6 Å². The summed E-state index contributed by atoms with van der Waals surface area (Å²) in [5, 5.41) is 11.0. The minimum Gasteiger partial charge on any atom is -0.456 e. The lowest BCUT2D eigenvalue weighted by Crippen LogP contribution is -2.04. The van der Waals surface area contributed by atoms with Crippen molar-refractivity contribution in [2.75, 3.05) is 0 Å². The molecule has 0 saturated carbocycles. The van der Waals surface area contributed by atoms with Gasteiger partial charge in [0.05, 0.1) is 16.7 Å². The number of rotatable bonds is 4. The Balaban J connectivity index is 1.14. The molecule has 0 bridgehead atoms. The van der Waals surface area contributed by atoms with Crippen LogP contribution in [0.25, 0.3) is 136 Å². The van der Waals surface area contributed by atoms with Crippen molar-refractivity contribution in [3.05, 3.63) is 182 Å². The lowest BCUT2D eigenvalue weighted by molar-refractivity contribution is 0.668. The summed E-state index contributed by atoms with van der Waals surface area (Å²) in [4.78, 5) is 16.5. The van der Waals surface area contributed by atoms with Crippen LogP contribution >= 0.6 is 11.3 Å². The molecule has 14 aromatic rings. The number of benzene rings is 9. The third-order valence-electron chi connectivity index (χ3n) is 12.4. The molecule has 6 nitrogen and oxygen atoms in total. The van der Waals surface area contributed by atoms with Gasteiger partial charge in [-0.2, -0.15) is 0 Å². The predicted molar refractivity (Wildman–Crippen MR) is 255 cm³/mol. The molecule has 0 atom stereocenters. The van der Waals surface area contributed by atoms with Crippen molar-refractivity contribution < 1.29 is 8.83 Å². The van der Waals surface area contributed by atoms with Crippen LogP contribution in [0.4, 0.5) is 0 Å². The Hall–Kier alpha value is -8.13. The quantitative estimate of drug-likeness (QED) is 0.177. The molecule has 0 aliphatic heterocycles. The van der Waals surface area contributed by atoms with Gasteiger partial charge in [-0.1, -0.05) is 121 Å². The fraction of sp³-hybridized carbons (Fsp3) is 0. The van der Waals surface area contributed by atoms with Crippen molar-refractivity contribution in [3.8, 4) is 39.9 Å². The van der Waals surface area contributed by atoms with Gasteiger partial charge >= 0.3 is 0 Å². The first-order valence-electron chi connectivity index (χ1n) is 20.7. The number of nitrogens with zero attached hydrogens (tertiary/aromatic N) is 4.